The lowest BCUT2D eigenvalue weighted by Gasteiger charge is -2.18. The average molecular weight is 248 g/mol. The fourth-order valence-corrected chi connectivity index (χ4v) is 3.00. The topological polar surface area (TPSA) is 32.3 Å². The number of benzene rings is 1. The summed E-state index contributed by atoms with van der Waals surface area (Å²) in [4.78, 5) is 14.1. The van der Waals surface area contributed by atoms with E-state index in [2.05, 4.69) is 5.32 Å². The SMILES string of the molecule is Cc1cccc(C(=O)N2C[C@H]3CNC[C@H]3C2)c1F. The molecule has 2 aliphatic heterocycles. The molecule has 2 aliphatic rings. The van der Waals surface area contributed by atoms with Crippen LogP contribution >= 0.6 is 0 Å². The molecule has 0 aliphatic carbocycles. The van der Waals surface area contributed by atoms with Gasteiger partial charge in [0.2, 0.25) is 0 Å². The number of carbonyl (C=O) groups is 1. The van der Waals surface area contributed by atoms with Gasteiger partial charge < -0.3 is 10.2 Å². The summed E-state index contributed by atoms with van der Waals surface area (Å²) >= 11 is 0. The predicted octanol–water partition coefficient (Wildman–Crippen LogP) is 1.43. The molecule has 3 nitrogen and oxygen atoms in total. The fourth-order valence-electron chi connectivity index (χ4n) is 3.00. The van der Waals surface area contributed by atoms with Crippen LogP contribution < -0.4 is 5.32 Å². The molecule has 2 fully saturated rings. The van der Waals surface area contributed by atoms with E-state index in [1.807, 2.05) is 0 Å². The Hall–Kier alpha value is -1.42. The van der Waals surface area contributed by atoms with Gasteiger partial charge in [-0.25, -0.2) is 4.39 Å². The highest BCUT2D eigenvalue weighted by Gasteiger charge is 2.38. The van der Waals surface area contributed by atoms with Crippen molar-refractivity contribution in [2.45, 2.75) is 6.92 Å². The fraction of sp³-hybridized carbons (Fsp3) is 0.500. The van der Waals surface area contributed by atoms with Gasteiger partial charge in [-0.1, -0.05) is 12.1 Å². The lowest BCUT2D eigenvalue weighted by Crippen LogP contribution is -2.32. The van der Waals surface area contributed by atoms with Crippen molar-refractivity contribution in [1.29, 1.82) is 0 Å². The summed E-state index contributed by atoms with van der Waals surface area (Å²) < 4.78 is 13.9. The minimum absolute atomic E-state index is 0.161. The van der Waals surface area contributed by atoms with E-state index in [1.165, 1.54) is 0 Å². The minimum Gasteiger partial charge on any atom is -0.338 e. The Balaban J connectivity index is 1.81. The number of halogens is 1. The number of nitrogens with zero attached hydrogens (tertiary/aromatic N) is 1. The zero-order valence-electron chi connectivity index (χ0n) is 10.4. The molecule has 0 spiro atoms. The normalized spacial score (nSPS) is 26.4. The third kappa shape index (κ3) is 1.81. The molecule has 0 saturated carbocycles. The van der Waals surface area contributed by atoms with Crippen molar-refractivity contribution < 1.29 is 9.18 Å². The van der Waals surface area contributed by atoms with Gasteiger partial charge in [0.1, 0.15) is 5.82 Å². The second kappa shape index (κ2) is 4.35. The number of carbonyl (C=O) groups excluding carboxylic acids is 1. The number of aryl methyl sites for hydroxylation is 1. The molecule has 3 rings (SSSR count). The lowest BCUT2D eigenvalue weighted by atomic mass is 10.0. The summed E-state index contributed by atoms with van der Waals surface area (Å²) in [7, 11) is 0. The van der Waals surface area contributed by atoms with Crippen LogP contribution in [0.2, 0.25) is 0 Å². The van der Waals surface area contributed by atoms with Crippen LogP contribution in [0.4, 0.5) is 4.39 Å². The van der Waals surface area contributed by atoms with Crippen LogP contribution in [0, 0.1) is 24.6 Å². The van der Waals surface area contributed by atoms with E-state index in [1.54, 1.807) is 30.0 Å². The van der Waals surface area contributed by atoms with Crippen molar-refractivity contribution in [3.05, 3.63) is 35.1 Å². The zero-order chi connectivity index (χ0) is 12.7. The quantitative estimate of drug-likeness (QED) is 0.815. The van der Waals surface area contributed by atoms with Crippen LogP contribution in [0.5, 0.6) is 0 Å². The maximum Gasteiger partial charge on any atom is 0.256 e. The monoisotopic (exact) mass is 248 g/mol. The van der Waals surface area contributed by atoms with Crippen molar-refractivity contribution >= 4 is 5.91 Å². The number of fused-ring (bicyclic) bond motifs is 1. The van der Waals surface area contributed by atoms with Crippen LogP contribution in [0.3, 0.4) is 0 Å². The molecule has 1 amide bonds. The molecule has 0 bridgehead atoms. The van der Waals surface area contributed by atoms with Crippen LogP contribution in [0.15, 0.2) is 18.2 Å². The summed E-state index contributed by atoms with van der Waals surface area (Å²) in [5.74, 6) is 0.548. The van der Waals surface area contributed by atoms with Gasteiger partial charge in [0, 0.05) is 26.2 Å². The van der Waals surface area contributed by atoms with Gasteiger partial charge in [0.05, 0.1) is 5.56 Å². The van der Waals surface area contributed by atoms with E-state index >= 15 is 0 Å². The van der Waals surface area contributed by atoms with Crippen molar-refractivity contribution in [2.75, 3.05) is 26.2 Å². The molecule has 2 saturated heterocycles. The molecule has 4 heteroatoms. The highest BCUT2D eigenvalue weighted by atomic mass is 19.1. The molecule has 2 atom stereocenters. The van der Waals surface area contributed by atoms with Gasteiger partial charge in [0.25, 0.3) is 5.91 Å². The Labute approximate surface area is 106 Å². The third-order valence-corrected chi connectivity index (χ3v) is 4.10. The van der Waals surface area contributed by atoms with Gasteiger partial charge in [-0.15, -0.1) is 0 Å². The smallest absolute Gasteiger partial charge is 0.256 e. The zero-order valence-corrected chi connectivity index (χ0v) is 10.4. The molecule has 18 heavy (non-hydrogen) atoms. The largest absolute Gasteiger partial charge is 0.338 e. The molecule has 1 N–H and O–H groups in total. The molecule has 1 aromatic carbocycles. The molecule has 0 unspecified atom stereocenters. The number of nitrogens with one attached hydrogen (secondary N) is 1. The number of amides is 1. The van der Waals surface area contributed by atoms with Crippen molar-refractivity contribution in [1.82, 2.24) is 10.2 Å². The van der Waals surface area contributed by atoms with Crippen molar-refractivity contribution in [3.63, 3.8) is 0 Å². The number of hydrogen-bond donors (Lipinski definition) is 1. The third-order valence-electron chi connectivity index (χ3n) is 4.10. The Morgan fingerprint density at radius 1 is 1.33 bits per heavy atom. The van der Waals surface area contributed by atoms with E-state index in [0.29, 0.717) is 17.4 Å². The lowest BCUT2D eigenvalue weighted by molar-refractivity contribution is 0.0777. The number of hydrogen-bond acceptors (Lipinski definition) is 2. The van der Waals surface area contributed by atoms with E-state index in [9.17, 15) is 9.18 Å². The van der Waals surface area contributed by atoms with Crippen LogP contribution in [0.1, 0.15) is 15.9 Å². The molecular weight excluding hydrogens is 231 g/mol. The molecule has 0 aromatic heterocycles. The molecule has 2 heterocycles. The van der Waals surface area contributed by atoms with Crippen molar-refractivity contribution in [3.8, 4) is 0 Å². The Bertz CT molecular complexity index is 477. The first-order valence-corrected chi connectivity index (χ1v) is 6.42. The van der Waals surface area contributed by atoms with Gasteiger partial charge in [0.15, 0.2) is 0 Å². The first-order valence-electron chi connectivity index (χ1n) is 6.42. The van der Waals surface area contributed by atoms with Gasteiger partial charge in [-0.3, -0.25) is 4.79 Å². The molecule has 0 radical (unpaired) electrons. The number of likely N-dealkylation sites (tertiary alicyclic amines) is 1. The highest BCUT2D eigenvalue weighted by Crippen LogP contribution is 2.28. The van der Waals surface area contributed by atoms with Gasteiger partial charge in [-0.05, 0) is 30.4 Å². The maximum absolute atomic E-state index is 13.9. The average Bonchev–Trinajstić information content (AvgIpc) is 2.92. The summed E-state index contributed by atoms with van der Waals surface area (Å²) in [6.45, 7) is 5.15. The Morgan fingerprint density at radius 2 is 2.00 bits per heavy atom. The summed E-state index contributed by atoms with van der Waals surface area (Å²) in [6, 6.07) is 5.01. The highest BCUT2D eigenvalue weighted by molar-refractivity contribution is 5.95. The molecule has 1 aromatic rings. The van der Waals surface area contributed by atoms with Crippen LogP contribution in [-0.2, 0) is 0 Å². The summed E-state index contributed by atoms with van der Waals surface area (Å²) in [5, 5.41) is 3.33. The molecule has 96 valence electrons. The minimum atomic E-state index is -0.377. The van der Waals surface area contributed by atoms with Crippen molar-refractivity contribution in [2.24, 2.45) is 11.8 Å². The number of rotatable bonds is 1. The summed E-state index contributed by atoms with van der Waals surface area (Å²) in [6.07, 6.45) is 0. The molecular formula is C14H17FN2O. The van der Waals surface area contributed by atoms with E-state index in [-0.39, 0.29) is 17.3 Å². The Kier molecular flexibility index (Phi) is 2.82. The first-order chi connectivity index (χ1) is 8.66. The van der Waals surface area contributed by atoms with E-state index in [0.717, 1.165) is 26.2 Å². The second-order valence-electron chi connectivity index (χ2n) is 5.32. The second-order valence-corrected chi connectivity index (χ2v) is 5.32. The van der Waals surface area contributed by atoms with Crippen LogP contribution in [0.25, 0.3) is 0 Å². The predicted molar refractivity (Wildman–Crippen MR) is 66.9 cm³/mol. The standard InChI is InChI=1S/C14H17FN2O/c1-9-3-2-4-12(13(9)15)14(18)17-7-10-5-16-6-11(10)8-17/h2-4,10-11,16H,5-8H2,1H3/t10-,11+. The summed E-state index contributed by atoms with van der Waals surface area (Å²) in [5.41, 5.74) is 0.741. The maximum atomic E-state index is 13.9. The van der Waals surface area contributed by atoms with Gasteiger partial charge in [-0.2, -0.15) is 0 Å². The van der Waals surface area contributed by atoms with E-state index in [4.69, 9.17) is 0 Å². The Morgan fingerprint density at radius 3 is 2.67 bits per heavy atom. The van der Waals surface area contributed by atoms with Crippen LogP contribution in [-0.4, -0.2) is 37.0 Å². The first kappa shape index (κ1) is 11.7. The van der Waals surface area contributed by atoms with Gasteiger partial charge >= 0.3 is 0 Å². The van der Waals surface area contributed by atoms with E-state index < -0.39 is 0 Å².